The normalized spacial score (nSPS) is 17.1. The first-order valence-electron chi connectivity index (χ1n) is 5.01. The SMILES string of the molecule is Cc1nc(N2CCCCC2)ncc1Cl. The van der Waals surface area contributed by atoms with Gasteiger partial charge in [0.15, 0.2) is 0 Å². The Bertz CT molecular complexity index is 321. The fourth-order valence-electron chi connectivity index (χ4n) is 1.69. The lowest BCUT2D eigenvalue weighted by Gasteiger charge is -2.26. The van der Waals surface area contributed by atoms with Crippen molar-refractivity contribution >= 4 is 17.5 Å². The van der Waals surface area contributed by atoms with Gasteiger partial charge in [-0.15, -0.1) is 0 Å². The van der Waals surface area contributed by atoms with Crippen molar-refractivity contribution in [3.8, 4) is 0 Å². The minimum absolute atomic E-state index is 0.644. The van der Waals surface area contributed by atoms with Gasteiger partial charge in [0, 0.05) is 13.1 Å². The van der Waals surface area contributed by atoms with E-state index in [0.29, 0.717) is 5.02 Å². The molecule has 1 aromatic rings. The van der Waals surface area contributed by atoms with Gasteiger partial charge in [0.25, 0.3) is 0 Å². The number of piperidine rings is 1. The second kappa shape index (κ2) is 4.13. The minimum atomic E-state index is 0.644. The first-order chi connectivity index (χ1) is 6.77. The van der Waals surface area contributed by atoms with E-state index in [4.69, 9.17) is 11.6 Å². The van der Waals surface area contributed by atoms with E-state index < -0.39 is 0 Å². The van der Waals surface area contributed by atoms with Crippen LogP contribution < -0.4 is 4.90 Å². The van der Waals surface area contributed by atoms with E-state index in [9.17, 15) is 0 Å². The summed E-state index contributed by atoms with van der Waals surface area (Å²) in [6.07, 6.45) is 5.49. The monoisotopic (exact) mass is 211 g/mol. The third-order valence-corrected chi connectivity index (χ3v) is 2.92. The summed E-state index contributed by atoms with van der Waals surface area (Å²) in [5.74, 6) is 0.826. The van der Waals surface area contributed by atoms with Crippen LogP contribution in [0.1, 0.15) is 25.0 Å². The van der Waals surface area contributed by atoms with E-state index in [1.165, 1.54) is 19.3 Å². The zero-order valence-electron chi connectivity index (χ0n) is 8.33. The topological polar surface area (TPSA) is 29.0 Å². The second-order valence-corrected chi connectivity index (χ2v) is 4.06. The number of anilines is 1. The molecule has 4 heteroatoms. The summed E-state index contributed by atoms with van der Waals surface area (Å²) in [6.45, 7) is 4.06. The Morgan fingerprint density at radius 3 is 2.64 bits per heavy atom. The highest BCUT2D eigenvalue weighted by molar-refractivity contribution is 6.31. The molecule has 0 unspecified atom stereocenters. The molecule has 1 saturated heterocycles. The van der Waals surface area contributed by atoms with E-state index in [1.54, 1.807) is 6.20 Å². The van der Waals surface area contributed by atoms with Crippen LogP contribution in [0.15, 0.2) is 6.20 Å². The molecular formula is C10H14ClN3. The highest BCUT2D eigenvalue weighted by Crippen LogP contribution is 2.18. The van der Waals surface area contributed by atoms with Crippen molar-refractivity contribution in [2.24, 2.45) is 0 Å². The molecule has 1 fully saturated rings. The van der Waals surface area contributed by atoms with Gasteiger partial charge in [0.2, 0.25) is 5.95 Å². The maximum absolute atomic E-state index is 5.88. The molecule has 0 atom stereocenters. The molecule has 76 valence electrons. The van der Waals surface area contributed by atoms with Crippen molar-refractivity contribution in [2.75, 3.05) is 18.0 Å². The first kappa shape index (κ1) is 9.71. The van der Waals surface area contributed by atoms with E-state index >= 15 is 0 Å². The summed E-state index contributed by atoms with van der Waals surface area (Å²) in [6, 6.07) is 0. The van der Waals surface area contributed by atoms with Crippen molar-refractivity contribution in [3.63, 3.8) is 0 Å². The highest BCUT2D eigenvalue weighted by Gasteiger charge is 2.13. The summed E-state index contributed by atoms with van der Waals surface area (Å²) in [5.41, 5.74) is 0.863. The van der Waals surface area contributed by atoms with Crippen LogP contribution in [-0.2, 0) is 0 Å². The molecule has 1 aromatic heterocycles. The summed E-state index contributed by atoms with van der Waals surface area (Å²) in [5, 5.41) is 0.644. The van der Waals surface area contributed by atoms with E-state index in [0.717, 1.165) is 24.7 Å². The molecule has 0 spiro atoms. The Morgan fingerprint density at radius 2 is 2.00 bits per heavy atom. The van der Waals surface area contributed by atoms with Gasteiger partial charge >= 0.3 is 0 Å². The molecule has 0 aromatic carbocycles. The van der Waals surface area contributed by atoms with Gasteiger partial charge in [0.1, 0.15) is 0 Å². The van der Waals surface area contributed by atoms with Crippen molar-refractivity contribution < 1.29 is 0 Å². The number of aromatic nitrogens is 2. The Balaban J connectivity index is 2.18. The van der Waals surface area contributed by atoms with Gasteiger partial charge in [0.05, 0.1) is 16.9 Å². The second-order valence-electron chi connectivity index (χ2n) is 3.65. The minimum Gasteiger partial charge on any atom is -0.341 e. The molecule has 0 saturated carbocycles. The fraction of sp³-hybridized carbons (Fsp3) is 0.600. The lowest BCUT2D eigenvalue weighted by atomic mass is 10.1. The molecule has 1 aliphatic rings. The molecule has 0 aliphatic carbocycles. The molecule has 14 heavy (non-hydrogen) atoms. The summed E-state index contributed by atoms with van der Waals surface area (Å²) < 4.78 is 0. The van der Waals surface area contributed by atoms with Crippen LogP contribution in [0.25, 0.3) is 0 Å². The molecule has 2 heterocycles. The lowest BCUT2D eigenvalue weighted by molar-refractivity contribution is 0.567. The van der Waals surface area contributed by atoms with Crippen LogP contribution in [-0.4, -0.2) is 23.1 Å². The number of nitrogens with zero attached hydrogens (tertiary/aromatic N) is 3. The van der Waals surface area contributed by atoms with Crippen LogP contribution in [0.2, 0.25) is 5.02 Å². The largest absolute Gasteiger partial charge is 0.341 e. The van der Waals surface area contributed by atoms with E-state index in [-0.39, 0.29) is 0 Å². The predicted octanol–water partition coefficient (Wildman–Crippen LogP) is 2.43. The van der Waals surface area contributed by atoms with Crippen molar-refractivity contribution in [3.05, 3.63) is 16.9 Å². The quantitative estimate of drug-likeness (QED) is 0.715. The molecular weight excluding hydrogens is 198 g/mol. The number of hydrogen-bond acceptors (Lipinski definition) is 3. The van der Waals surface area contributed by atoms with E-state index in [2.05, 4.69) is 14.9 Å². The molecule has 0 N–H and O–H groups in total. The van der Waals surface area contributed by atoms with Gasteiger partial charge in [-0.1, -0.05) is 11.6 Å². The van der Waals surface area contributed by atoms with Gasteiger partial charge in [-0.05, 0) is 26.2 Å². The molecule has 1 aliphatic heterocycles. The van der Waals surface area contributed by atoms with Crippen molar-refractivity contribution in [1.82, 2.24) is 9.97 Å². The van der Waals surface area contributed by atoms with Crippen LogP contribution in [0, 0.1) is 6.92 Å². The van der Waals surface area contributed by atoms with Crippen LogP contribution >= 0.6 is 11.6 Å². The Hall–Kier alpha value is -0.830. The number of aryl methyl sites for hydroxylation is 1. The zero-order valence-corrected chi connectivity index (χ0v) is 9.09. The van der Waals surface area contributed by atoms with Crippen LogP contribution in [0.4, 0.5) is 5.95 Å². The lowest BCUT2D eigenvalue weighted by Crippen LogP contribution is -2.31. The Morgan fingerprint density at radius 1 is 1.29 bits per heavy atom. The number of rotatable bonds is 1. The van der Waals surface area contributed by atoms with Crippen molar-refractivity contribution in [2.45, 2.75) is 26.2 Å². The smallest absolute Gasteiger partial charge is 0.225 e. The van der Waals surface area contributed by atoms with Gasteiger partial charge in [-0.25, -0.2) is 9.97 Å². The maximum atomic E-state index is 5.88. The summed E-state index contributed by atoms with van der Waals surface area (Å²) in [7, 11) is 0. The summed E-state index contributed by atoms with van der Waals surface area (Å²) in [4.78, 5) is 10.9. The Labute approximate surface area is 89.1 Å². The molecule has 0 amide bonds. The fourth-order valence-corrected chi connectivity index (χ4v) is 1.78. The maximum Gasteiger partial charge on any atom is 0.225 e. The number of halogens is 1. The average Bonchev–Trinajstić information content (AvgIpc) is 2.23. The first-order valence-corrected chi connectivity index (χ1v) is 5.39. The van der Waals surface area contributed by atoms with Crippen molar-refractivity contribution in [1.29, 1.82) is 0 Å². The zero-order chi connectivity index (χ0) is 9.97. The van der Waals surface area contributed by atoms with Crippen LogP contribution in [0.3, 0.4) is 0 Å². The molecule has 3 nitrogen and oxygen atoms in total. The highest BCUT2D eigenvalue weighted by atomic mass is 35.5. The van der Waals surface area contributed by atoms with Crippen LogP contribution in [0.5, 0.6) is 0 Å². The van der Waals surface area contributed by atoms with Gasteiger partial charge in [-0.2, -0.15) is 0 Å². The average molecular weight is 212 g/mol. The Kier molecular flexibility index (Phi) is 2.87. The summed E-state index contributed by atoms with van der Waals surface area (Å²) >= 11 is 5.88. The number of hydrogen-bond donors (Lipinski definition) is 0. The molecule has 0 bridgehead atoms. The molecule has 0 radical (unpaired) electrons. The third-order valence-electron chi connectivity index (χ3n) is 2.55. The standard InChI is InChI=1S/C10H14ClN3/c1-8-9(11)7-12-10(13-8)14-5-3-2-4-6-14/h7H,2-6H2,1H3. The molecule has 2 rings (SSSR count). The predicted molar refractivity (Wildman–Crippen MR) is 57.8 cm³/mol. The van der Waals surface area contributed by atoms with Gasteiger partial charge < -0.3 is 4.90 Å². The third kappa shape index (κ3) is 1.98. The van der Waals surface area contributed by atoms with Gasteiger partial charge in [-0.3, -0.25) is 0 Å². The van der Waals surface area contributed by atoms with E-state index in [1.807, 2.05) is 6.92 Å².